The molecule has 0 saturated heterocycles. The van der Waals surface area contributed by atoms with Crippen molar-refractivity contribution in [1.29, 1.82) is 0 Å². The second-order valence-corrected chi connectivity index (χ2v) is 6.46. The molecule has 4 nitrogen and oxygen atoms in total. The number of rotatable bonds is 6. The van der Waals surface area contributed by atoms with Crippen molar-refractivity contribution in [2.24, 2.45) is 23.2 Å². The molecule has 2 aliphatic rings. The van der Waals surface area contributed by atoms with Gasteiger partial charge in [0, 0.05) is 6.54 Å². The number of nitrogens with one attached hydrogen (secondary N) is 1. The molecule has 0 aromatic rings. The van der Waals surface area contributed by atoms with Gasteiger partial charge in [-0.2, -0.15) is 0 Å². The molecule has 0 aromatic heterocycles. The molecule has 0 heterocycles. The summed E-state index contributed by atoms with van der Waals surface area (Å²) >= 11 is 0. The predicted octanol–water partition coefficient (Wildman–Crippen LogP) is 2.04. The van der Waals surface area contributed by atoms with Crippen LogP contribution in [0.3, 0.4) is 0 Å². The van der Waals surface area contributed by atoms with Crippen molar-refractivity contribution in [1.82, 2.24) is 5.32 Å². The van der Waals surface area contributed by atoms with E-state index in [2.05, 4.69) is 19.2 Å². The molecular weight excluding hydrogens is 230 g/mol. The Morgan fingerprint density at radius 2 is 2.00 bits per heavy atom. The molecule has 2 N–H and O–H groups in total. The van der Waals surface area contributed by atoms with Crippen LogP contribution in [-0.4, -0.2) is 23.5 Å². The predicted molar refractivity (Wildman–Crippen MR) is 68.0 cm³/mol. The molecule has 2 saturated carbocycles. The Bertz CT molecular complexity index is 347. The second-order valence-electron chi connectivity index (χ2n) is 6.46. The van der Waals surface area contributed by atoms with Crippen LogP contribution in [0.15, 0.2) is 0 Å². The van der Waals surface area contributed by atoms with Crippen LogP contribution in [0.2, 0.25) is 0 Å². The van der Waals surface area contributed by atoms with Gasteiger partial charge in [-0.25, -0.2) is 0 Å². The molecule has 2 fully saturated rings. The number of amides is 1. The fourth-order valence-corrected chi connectivity index (χ4v) is 3.16. The molecule has 0 bridgehead atoms. The van der Waals surface area contributed by atoms with E-state index in [1.807, 2.05) is 0 Å². The first-order valence-corrected chi connectivity index (χ1v) is 6.94. The average Bonchev–Trinajstić information content (AvgIpc) is 3.00. The highest BCUT2D eigenvalue weighted by molar-refractivity contribution is 5.89. The smallest absolute Gasteiger partial charge is 0.307 e. The first kappa shape index (κ1) is 13.4. The fourth-order valence-electron chi connectivity index (χ4n) is 3.16. The number of hydrogen-bond donors (Lipinski definition) is 2. The van der Waals surface area contributed by atoms with Gasteiger partial charge in [-0.3, -0.25) is 9.59 Å². The highest BCUT2D eigenvalue weighted by Gasteiger charge is 2.49. The van der Waals surface area contributed by atoms with Crippen molar-refractivity contribution in [3.05, 3.63) is 0 Å². The Labute approximate surface area is 108 Å². The fraction of sp³-hybridized carbons (Fsp3) is 0.857. The zero-order valence-corrected chi connectivity index (χ0v) is 11.2. The lowest BCUT2D eigenvalue weighted by atomic mass is 9.64. The molecule has 102 valence electrons. The van der Waals surface area contributed by atoms with Gasteiger partial charge in [-0.15, -0.1) is 0 Å². The molecule has 2 unspecified atom stereocenters. The second kappa shape index (κ2) is 4.90. The van der Waals surface area contributed by atoms with Crippen LogP contribution in [0.4, 0.5) is 0 Å². The van der Waals surface area contributed by atoms with E-state index >= 15 is 0 Å². The van der Waals surface area contributed by atoms with Gasteiger partial charge in [-0.1, -0.05) is 20.3 Å². The first-order valence-electron chi connectivity index (χ1n) is 6.94. The van der Waals surface area contributed by atoms with Crippen LogP contribution >= 0.6 is 0 Å². The highest BCUT2D eigenvalue weighted by Crippen LogP contribution is 2.46. The molecule has 0 spiro atoms. The summed E-state index contributed by atoms with van der Waals surface area (Å²) in [4.78, 5) is 22.5. The van der Waals surface area contributed by atoms with E-state index in [0.29, 0.717) is 12.3 Å². The van der Waals surface area contributed by atoms with E-state index in [4.69, 9.17) is 5.11 Å². The summed E-state index contributed by atoms with van der Waals surface area (Å²) in [6.45, 7) is 5.15. The molecular formula is C14H23NO3. The van der Waals surface area contributed by atoms with Gasteiger partial charge in [0.1, 0.15) is 0 Å². The molecule has 2 atom stereocenters. The SMILES string of the molecule is CC(C)CC1(CNC(=O)C2CC2C(=O)O)CCC1. The summed E-state index contributed by atoms with van der Waals surface area (Å²) in [6, 6.07) is 0. The molecule has 18 heavy (non-hydrogen) atoms. The number of carboxylic acid groups (broad SMARTS) is 1. The minimum absolute atomic E-state index is 0.0579. The topological polar surface area (TPSA) is 66.4 Å². The molecule has 0 aliphatic heterocycles. The van der Waals surface area contributed by atoms with E-state index in [0.717, 1.165) is 13.0 Å². The lowest BCUT2D eigenvalue weighted by Gasteiger charge is -2.43. The largest absolute Gasteiger partial charge is 0.481 e. The summed E-state index contributed by atoms with van der Waals surface area (Å²) in [5.41, 5.74) is 0.289. The van der Waals surface area contributed by atoms with E-state index in [-0.39, 0.29) is 17.2 Å². The number of carbonyl (C=O) groups is 2. The average molecular weight is 253 g/mol. The summed E-state index contributed by atoms with van der Waals surface area (Å²) in [5, 5.41) is 11.8. The Balaban J connectivity index is 1.77. The number of hydrogen-bond acceptors (Lipinski definition) is 2. The molecule has 2 aliphatic carbocycles. The van der Waals surface area contributed by atoms with Crippen LogP contribution in [0.1, 0.15) is 46.0 Å². The molecule has 0 aromatic carbocycles. The van der Waals surface area contributed by atoms with Crippen LogP contribution in [0.5, 0.6) is 0 Å². The Hall–Kier alpha value is -1.06. The maximum Gasteiger partial charge on any atom is 0.307 e. The standard InChI is InChI=1S/C14H23NO3/c1-9(2)7-14(4-3-5-14)8-15-12(16)10-6-11(10)13(17)18/h9-11H,3-8H2,1-2H3,(H,15,16)(H,17,18). The number of carboxylic acids is 1. The van der Waals surface area contributed by atoms with Crippen LogP contribution in [0, 0.1) is 23.2 Å². The van der Waals surface area contributed by atoms with Gasteiger partial charge < -0.3 is 10.4 Å². The van der Waals surface area contributed by atoms with Gasteiger partial charge >= 0.3 is 5.97 Å². The van der Waals surface area contributed by atoms with E-state index in [1.165, 1.54) is 19.3 Å². The Morgan fingerprint density at radius 3 is 2.39 bits per heavy atom. The van der Waals surface area contributed by atoms with Crippen molar-refractivity contribution >= 4 is 11.9 Å². The quantitative estimate of drug-likeness (QED) is 0.761. The molecule has 2 rings (SSSR count). The number of aliphatic carboxylic acids is 1. The summed E-state index contributed by atoms with van der Waals surface area (Å²) in [5.74, 6) is -0.964. The maximum absolute atomic E-state index is 11.8. The lowest BCUT2D eigenvalue weighted by Crippen LogP contribution is -2.43. The third kappa shape index (κ3) is 2.85. The first-order chi connectivity index (χ1) is 8.43. The minimum Gasteiger partial charge on any atom is -0.481 e. The normalized spacial score (nSPS) is 28.6. The van der Waals surface area contributed by atoms with Crippen molar-refractivity contribution in [3.63, 3.8) is 0 Å². The van der Waals surface area contributed by atoms with Crippen LogP contribution < -0.4 is 5.32 Å². The summed E-state index contributed by atoms with van der Waals surface area (Å²) < 4.78 is 0. The highest BCUT2D eigenvalue weighted by atomic mass is 16.4. The summed E-state index contributed by atoms with van der Waals surface area (Å²) in [6.07, 6.45) is 5.30. The van der Waals surface area contributed by atoms with Crippen LogP contribution in [-0.2, 0) is 9.59 Å². The number of carbonyl (C=O) groups excluding carboxylic acids is 1. The van der Waals surface area contributed by atoms with Gasteiger partial charge in [0.2, 0.25) is 5.91 Å². The van der Waals surface area contributed by atoms with E-state index < -0.39 is 11.9 Å². The Kier molecular flexibility index (Phi) is 3.64. The van der Waals surface area contributed by atoms with Gasteiger partial charge in [0.05, 0.1) is 11.8 Å². The van der Waals surface area contributed by atoms with E-state index in [1.54, 1.807) is 0 Å². The van der Waals surface area contributed by atoms with Crippen molar-refractivity contribution in [3.8, 4) is 0 Å². The maximum atomic E-state index is 11.8. The van der Waals surface area contributed by atoms with Gasteiger partial charge in [0.15, 0.2) is 0 Å². The van der Waals surface area contributed by atoms with Crippen molar-refractivity contribution in [2.45, 2.75) is 46.0 Å². The van der Waals surface area contributed by atoms with Gasteiger partial charge in [0.25, 0.3) is 0 Å². The molecule has 4 heteroatoms. The van der Waals surface area contributed by atoms with Crippen molar-refractivity contribution < 1.29 is 14.7 Å². The summed E-state index contributed by atoms with van der Waals surface area (Å²) in [7, 11) is 0. The van der Waals surface area contributed by atoms with Crippen LogP contribution in [0.25, 0.3) is 0 Å². The van der Waals surface area contributed by atoms with Crippen molar-refractivity contribution in [2.75, 3.05) is 6.54 Å². The molecule has 1 amide bonds. The zero-order valence-electron chi connectivity index (χ0n) is 11.2. The van der Waals surface area contributed by atoms with Gasteiger partial charge in [-0.05, 0) is 37.0 Å². The third-order valence-electron chi connectivity index (χ3n) is 4.34. The monoisotopic (exact) mass is 253 g/mol. The molecule has 0 radical (unpaired) electrons. The zero-order chi connectivity index (χ0) is 13.3. The third-order valence-corrected chi connectivity index (χ3v) is 4.34. The minimum atomic E-state index is -0.837. The lowest BCUT2D eigenvalue weighted by molar-refractivity contribution is -0.140. The van der Waals surface area contributed by atoms with E-state index in [9.17, 15) is 9.59 Å². The Morgan fingerprint density at radius 1 is 1.33 bits per heavy atom.